The monoisotopic (exact) mass is 339 g/mol. The lowest BCUT2D eigenvalue weighted by molar-refractivity contribution is -0.138. The summed E-state index contributed by atoms with van der Waals surface area (Å²) < 4.78 is 40.7. The summed E-state index contributed by atoms with van der Waals surface area (Å²) in [4.78, 5) is 4.37. The van der Waals surface area contributed by atoms with Crippen LogP contribution in [-0.2, 0) is 12.6 Å². The molecule has 0 saturated heterocycles. The third-order valence-corrected chi connectivity index (χ3v) is 4.05. The topological polar surface area (TPSA) is 30.2 Å². The summed E-state index contributed by atoms with van der Waals surface area (Å²) in [6, 6.07) is 7.56. The lowest BCUT2D eigenvalue weighted by atomic mass is 9.98. The molecular formula is C16H13ClF3N3. The molecule has 2 heterocycles. The van der Waals surface area contributed by atoms with Crippen LogP contribution < -0.4 is 0 Å². The van der Waals surface area contributed by atoms with Gasteiger partial charge in [-0.1, -0.05) is 23.7 Å². The van der Waals surface area contributed by atoms with Crippen LogP contribution in [0.3, 0.4) is 0 Å². The van der Waals surface area contributed by atoms with E-state index in [0.717, 1.165) is 17.5 Å². The summed E-state index contributed by atoms with van der Waals surface area (Å²) in [5, 5.41) is 4.49. The Kier molecular flexibility index (Phi) is 3.80. The van der Waals surface area contributed by atoms with Crippen molar-refractivity contribution in [2.75, 3.05) is 0 Å². The van der Waals surface area contributed by atoms with E-state index < -0.39 is 11.7 Å². The summed E-state index contributed by atoms with van der Waals surface area (Å²) in [7, 11) is 0. The maximum absolute atomic E-state index is 13.0. The first-order valence-electron chi connectivity index (χ1n) is 6.94. The van der Waals surface area contributed by atoms with Crippen molar-refractivity contribution in [1.82, 2.24) is 14.6 Å². The molecular weight excluding hydrogens is 327 g/mol. The predicted octanol–water partition coefficient (Wildman–Crippen LogP) is 4.61. The first-order valence-corrected chi connectivity index (χ1v) is 7.31. The van der Waals surface area contributed by atoms with Gasteiger partial charge in [-0.2, -0.15) is 18.3 Å². The average molecular weight is 340 g/mol. The fourth-order valence-electron chi connectivity index (χ4n) is 2.63. The second-order valence-electron chi connectivity index (χ2n) is 5.33. The van der Waals surface area contributed by atoms with Gasteiger partial charge in [0.25, 0.3) is 0 Å². The molecule has 0 N–H and O–H groups in total. The second-order valence-corrected chi connectivity index (χ2v) is 5.72. The van der Waals surface area contributed by atoms with Crippen LogP contribution in [0.2, 0.25) is 5.15 Å². The van der Waals surface area contributed by atoms with Crippen LogP contribution in [0.1, 0.15) is 28.1 Å². The van der Waals surface area contributed by atoms with Crippen LogP contribution >= 0.6 is 11.6 Å². The van der Waals surface area contributed by atoms with Crippen LogP contribution in [0.5, 0.6) is 0 Å². The zero-order valence-electron chi connectivity index (χ0n) is 12.4. The van der Waals surface area contributed by atoms with Crippen molar-refractivity contribution in [2.24, 2.45) is 0 Å². The Hall–Kier alpha value is -2.08. The first kappa shape index (κ1) is 15.8. The third kappa shape index (κ3) is 2.91. The molecule has 3 aromatic rings. The lowest BCUT2D eigenvalue weighted by Gasteiger charge is -2.14. The van der Waals surface area contributed by atoms with Gasteiger partial charge in [-0.25, -0.2) is 9.50 Å². The molecule has 7 heteroatoms. The van der Waals surface area contributed by atoms with E-state index in [2.05, 4.69) is 10.1 Å². The van der Waals surface area contributed by atoms with Crippen molar-refractivity contribution in [1.29, 1.82) is 0 Å². The maximum atomic E-state index is 13.0. The van der Waals surface area contributed by atoms with Crippen molar-refractivity contribution in [3.05, 3.63) is 63.6 Å². The number of aromatic nitrogens is 3. The number of benzene rings is 1. The Balaban J connectivity index is 2.10. The molecule has 0 amide bonds. The van der Waals surface area contributed by atoms with Gasteiger partial charge in [0.05, 0.1) is 17.0 Å². The van der Waals surface area contributed by atoms with E-state index in [1.54, 1.807) is 29.6 Å². The number of halogens is 4. The van der Waals surface area contributed by atoms with Gasteiger partial charge < -0.3 is 0 Å². The Morgan fingerprint density at radius 2 is 1.87 bits per heavy atom. The molecule has 0 aliphatic rings. The van der Waals surface area contributed by atoms with Crippen LogP contribution in [0.15, 0.2) is 30.3 Å². The van der Waals surface area contributed by atoms with E-state index in [4.69, 9.17) is 11.6 Å². The molecule has 0 spiro atoms. The minimum absolute atomic E-state index is 0.219. The van der Waals surface area contributed by atoms with Gasteiger partial charge in [-0.15, -0.1) is 0 Å². The first-order chi connectivity index (χ1) is 10.8. The number of aryl methyl sites for hydroxylation is 1. The quantitative estimate of drug-likeness (QED) is 0.682. The molecule has 0 atom stereocenters. The highest BCUT2D eigenvalue weighted by molar-refractivity contribution is 6.29. The van der Waals surface area contributed by atoms with Crippen molar-refractivity contribution in [2.45, 2.75) is 26.4 Å². The number of alkyl halides is 3. The average Bonchev–Trinajstić information content (AvgIpc) is 2.76. The molecule has 0 fully saturated rings. The zero-order valence-corrected chi connectivity index (χ0v) is 13.2. The Morgan fingerprint density at radius 3 is 2.57 bits per heavy atom. The van der Waals surface area contributed by atoms with Crippen molar-refractivity contribution in [3.8, 4) is 0 Å². The van der Waals surface area contributed by atoms with Gasteiger partial charge in [-0.05, 0) is 43.2 Å². The van der Waals surface area contributed by atoms with Crippen molar-refractivity contribution in [3.63, 3.8) is 0 Å². The van der Waals surface area contributed by atoms with E-state index in [1.807, 2.05) is 0 Å². The SMILES string of the molecule is Cc1nc2ccc(Cl)nn2c1Cc1cccc(C(F)(F)F)c1C. The molecule has 0 bridgehead atoms. The molecule has 23 heavy (non-hydrogen) atoms. The van der Waals surface area contributed by atoms with Crippen LogP contribution in [0.25, 0.3) is 5.65 Å². The Bertz CT molecular complexity index is 884. The number of hydrogen-bond acceptors (Lipinski definition) is 2. The maximum Gasteiger partial charge on any atom is 0.416 e. The van der Waals surface area contributed by atoms with E-state index in [-0.39, 0.29) is 5.56 Å². The van der Waals surface area contributed by atoms with Crippen LogP contribution in [0.4, 0.5) is 13.2 Å². The molecule has 120 valence electrons. The molecule has 3 nitrogen and oxygen atoms in total. The Morgan fingerprint density at radius 1 is 1.13 bits per heavy atom. The number of imidazole rings is 1. The summed E-state index contributed by atoms with van der Waals surface area (Å²) in [5.74, 6) is 0. The molecule has 0 aliphatic carbocycles. The smallest absolute Gasteiger partial charge is 0.232 e. The number of hydrogen-bond donors (Lipinski definition) is 0. The lowest BCUT2D eigenvalue weighted by Crippen LogP contribution is -2.10. The largest absolute Gasteiger partial charge is 0.416 e. The van der Waals surface area contributed by atoms with Gasteiger partial charge >= 0.3 is 6.18 Å². The second kappa shape index (κ2) is 5.53. The summed E-state index contributed by atoms with van der Waals surface area (Å²) in [6.45, 7) is 3.29. The fraction of sp³-hybridized carbons (Fsp3) is 0.250. The summed E-state index contributed by atoms with van der Waals surface area (Å²) in [5.41, 5.74) is 2.25. The minimum atomic E-state index is -4.36. The minimum Gasteiger partial charge on any atom is -0.232 e. The summed E-state index contributed by atoms with van der Waals surface area (Å²) >= 11 is 5.91. The van der Waals surface area contributed by atoms with Gasteiger partial charge in [-0.3, -0.25) is 0 Å². The van der Waals surface area contributed by atoms with E-state index in [9.17, 15) is 13.2 Å². The fourth-order valence-corrected chi connectivity index (χ4v) is 2.77. The standard InChI is InChI=1S/C16H13ClF3N3/c1-9-11(4-3-5-12(9)16(18,19)20)8-13-10(2)21-15-7-6-14(17)22-23(13)15/h3-7H,8H2,1-2H3. The van der Waals surface area contributed by atoms with E-state index in [1.165, 1.54) is 13.0 Å². The molecule has 2 aromatic heterocycles. The van der Waals surface area contributed by atoms with Crippen molar-refractivity contribution < 1.29 is 13.2 Å². The predicted molar refractivity (Wildman–Crippen MR) is 81.7 cm³/mol. The van der Waals surface area contributed by atoms with Gasteiger partial charge in [0.15, 0.2) is 5.65 Å². The van der Waals surface area contributed by atoms with Gasteiger partial charge in [0.1, 0.15) is 5.15 Å². The van der Waals surface area contributed by atoms with Gasteiger partial charge in [0, 0.05) is 6.42 Å². The number of rotatable bonds is 2. The Labute approximate surface area is 135 Å². The molecule has 1 aromatic carbocycles. The number of fused-ring (bicyclic) bond motifs is 1. The van der Waals surface area contributed by atoms with E-state index in [0.29, 0.717) is 22.8 Å². The van der Waals surface area contributed by atoms with E-state index >= 15 is 0 Å². The normalized spacial score (nSPS) is 12.1. The third-order valence-electron chi connectivity index (χ3n) is 3.85. The molecule has 0 radical (unpaired) electrons. The zero-order chi connectivity index (χ0) is 16.8. The highest BCUT2D eigenvalue weighted by Crippen LogP contribution is 2.33. The van der Waals surface area contributed by atoms with Crippen molar-refractivity contribution >= 4 is 17.2 Å². The molecule has 0 saturated carbocycles. The summed E-state index contributed by atoms with van der Waals surface area (Å²) in [6.07, 6.45) is -4.06. The highest BCUT2D eigenvalue weighted by Gasteiger charge is 2.32. The van der Waals surface area contributed by atoms with Crippen LogP contribution in [-0.4, -0.2) is 14.6 Å². The van der Waals surface area contributed by atoms with Crippen LogP contribution in [0, 0.1) is 13.8 Å². The molecule has 0 unspecified atom stereocenters. The number of nitrogens with zero attached hydrogens (tertiary/aromatic N) is 3. The molecule has 3 rings (SSSR count). The molecule has 0 aliphatic heterocycles. The highest BCUT2D eigenvalue weighted by atomic mass is 35.5. The van der Waals surface area contributed by atoms with Gasteiger partial charge in [0.2, 0.25) is 0 Å².